The van der Waals surface area contributed by atoms with Crippen LogP contribution in [0.4, 0.5) is 0 Å². The minimum atomic E-state index is -0.841. The molecule has 0 bridgehead atoms. The highest BCUT2D eigenvalue weighted by Crippen LogP contribution is 2.30. The number of hydrogen-bond acceptors (Lipinski definition) is 2. The first kappa shape index (κ1) is 16.0. The molecule has 1 aliphatic carbocycles. The predicted octanol–water partition coefficient (Wildman–Crippen LogP) is 2.91. The van der Waals surface area contributed by atoms with Crippen LogP contribution in [0.5, 0.6) is 0 Å². The van der Waals surface area contributed by atoms with Gasteiger partial charge in [-0.05, 0) is 37.0 Å². The van der Waals surface area contributed by atoms with E-state index in [1.165, 1.54) is 12.8 Å². The van der Waals surface area contributed by atoms with E-state index in [0.717, 1.165) is 18.8 Å². The molecule has 1 rings (SSSR count). The second-order valence-corrected chi connectivity index (χ2v) is 6.83. The van der Waals surface area contributed by atoms with Gasteiger partial charge in [-0.15, -0.1) is 0 Å². The highest BCUT2D eigenvalue weighted by Gasteiger charge is 2.30. The molecule has 0 saturated heterocycles. The minimum Gasteiger partial charge on any atom is -0.481 e. The summed E-state index contributed by atoms with van der Waals surface area (Å²) in [6.45, 7) is 5.94. The normalized spacial score (nSPS) is 24.0. The summed E-state index contributed by atoms with van der Waals surface area (Å²) in [6, 6.07) is 0.337. The van der Waals surface area contributed by atoms with Gasteiger partial charge in [0.15, 0.2) is 0 Å². The van der Waals surface area contributed by atoms with Crippen molar-refractivity contribution in [2.45, 2.75) is 65.3 Å². The van der Waals surface area contributed by atoms with Crippen LogP contribution in [0.2, 0.25) is 0 Å². The summed E-state index contributed by atoms with van der Waals surface area (Å²) in [5.41, 5.74) is -0.473. The molecular formula is C15H27NO3. The van der Waals surface area contributed by atoms with Gasteiger partial charge in [0.2, 0.25) is 5.91 Å². The third kappa shape index (κ3) is 5.21. The first-order chi connectivity index (χ1) is 8.71. The van der Waals surface area contributed by atoms with Gasteiger partial charge in [-0.3, -0.25) is 9.59 Å². The number of carbonyl (C=O) groups is 2. The lowest BCUT2D eigenvalue weighted by Gasteiger charge is -2.35. The first-order valence-corrected chi connectivity index (χ1v) is 7.19. The predicted molar refractivity (Wildman–Crippen MR) is 74.8 cm³/mol. The molecule has 1 saturated carbocycles. The van der Waals surface area contributed by atoms with Gasteiger partial charge in [-0.25, -0.2) is 0 Å². The lowest BCUT2D eigenvalue weighted by Crippen LogP contribution is -2.41. The summed E-state index contributed by atoms with van der Waals surface area (Å²) in [6.07, 6.45) is 4.85. The van der Waals surface area contributed by atoms with Crippen LogP contribution in [0.15, 0.2) is 0 Å². The van der Waals surface area contributed by atoms with E-state index in [1.54, 1.807) is 0 Å². The second-order valence-electron chi connectivity index (χ2n) is 6.83. The van der Waals surface area contributed by atoms with E-state index < -0.39 is 11.4 Å². The van der Waals surface area contributed by atoms with Crippen LogP contribution in [0.25, 0.3) is 0 Å². The topological polar surface area (TPSA) is 57.6 Å². The van der Waals surface area contributed by atoms with Crippen molar-refractivity contribution in [1.82, 2.24) is 4.90 Å². The maximum Gasteiger partial charge on any atom is 0.303 e. The molecule has 0 aromatic rings. The van der Waals surface area contributed by atoms with Crippen LogP contribution in [-0.2, 0) is 9.59 Å². The van der Waals surface area contributed by atoms with Gasteiger partial charge >= 0.3 is 5.97 Å². The van der Waals surface area contributed by atoms with Gasteiger partial charge in [-0.2, -0.15) is 0 Å². The van der Waals surface area contributed by atoms with Crippen molar-refractivity contribution in [2.24, 2.45) is 11.3 Å². The maximum absolute atomic E-state index is 12.3. The number of carboxylic acid groups (broad SMARTS) is 1. The van der Waals surface area contributed by atoms with Gasteiger partial charge in [0.1, 0.15) is 0 Å². The van der Waals surface area contributed by atoms with E-state index in [2.05, 4.69) is 6.92 Å². The Hall–Kier alpha value is -1.06. The molecule has 0 heterocycles. The SMILES string of the molecule is CC1CCC(N(C)C(=O)CC(C)(C)CC(=O)O)CC1. The highest BCUT2D eigenvalue weighted by atomic mass is 16.4. The fourth-order valence-electron chi connectivity index (χ4n) is 2.84. The molecule has 4 heteroatoms. The highest BCUT2D eigenvalue weighted by molar-refractivity contribution is 5.78. The van der Waals surface area contributed by atoms with Gasteiger partial charge in [0.25, 0.3) is 0 Å². The molecule has 0 atom stereocenters. The van der Waals surface area contributed by atoms with Crippen molar-refractivity contribution >= 4 is 11.9 Å². The van der Waals surface area contributed by atoms with E-state index in [1.807, 2.05) is 25.8 Å². The number of aliphatic carboxylic acids is 1. The van der Waals surface area contributed by atoms with Crippen molar-refractivity contribution in [3.8, 4) is 0 Å². The largest absolute Gasteiger partial charge is 0.481 e. The van der Waals surface area contributed by atoms with Crippen LogP contribution in [0.1, 0.15) is 59.3 Å². The van der Waals surface area contributed by atoms with Crippen molar-refractivity contribution in [2.75, 3.05) is 7.05 Å². The fourth-order valence-corrected chi connectivity index (χ4v) is 2.84. The Morgan fingerprint density at radius 1 is 1.16 bits per heavy atom. The standard InChI is InChI=1S/C15H27NO3/c1-11-5-7-12(8-6-11)16(4)13(17)9-15(2,3)10-14(18)19/h11-12H,5-10H2,1-4H3,(H,18,19). The van der Waals surface area contributed by atoms with Crippen LogP contribution >= 0.6 is 0 Å². The molecule has 0 radical (unpaired) electrons. The molecule has 1 aliphatic rings. The Kier molecular flexibility index (Phi) is 5.39. The maximum atomic E-state index is 12.3. The third-order valence-corrected chi connectivity index (χ3v) is 4.19. The molecule has 110 valence electrons. The number of amides is 1. The number of hydrogen-bond donors (Lipinski definition) is 1. The molecule has 19 heavy (non-hydrogen) atoms. The molecule has 0 aromatic heterocycles. The summed E-state index contributed by atoms with van der Waals surface area (Å²) in [5, 5.41) is 8.85. The third-order valence-electron chi connectivity index (χ3n) is 4.19. The van der Waals surface area contributed by atoms with E-state index in [-0.39, 0.29) is 12.3 Å². The molecule has 1 fully saturated rings. The molecule has 4 nitrogen and oxygen atoms in total. The first-order valence-electron chi connectivity index (χ1n) is 7.19. The van der Waals surface area contributed by atoms with Crippen LogP contribution < -0.4 is 0 Å². The van der Waals surface area contributed by atoms with Crippen molar-refractivity contribution in [1.29, 1.82) is 0 Å². The van der Waals surface area contributed by atoms with E-state index in [0.29, 0.717) is 12.5 Å². The molecule has 0 unspecified atom stereocenters. The Labute approximate surface area is 116 Å². The lowest BCUT2D eigenvalue weighted by atomic mass is 9.83. The monoisotopic (exact) mass is 269 g/mol. The zero-order valence-corrected chi connectivity index (χ0v) is 12.6. The smallest absolute Gasteiger partial charge is 0.303 e. The molecule has 0 aliphatic heterocycles. The van der Waals surface area contributed by atoms with E-state index in [9.17, 15) is 9.59 Å². The zero-order valence-electron chi connectivity index (χ0n) is 12.6. The molecule has 0 spiro atoms. The fraction of sp³-hybridized carbons (Fsp3) is 0.867. The van der Waals surface area contributed by atoms with E-state index in [4.69, 9.17) is 5.11 Å². The van der Waals surface area contributed by atoms with Crippen LogP contribution in [0, 0.1) is 11.3 Å². The summed E-state index contributed by atoms with van der Waals surface area (Å²) in [5.74, 6) is 0.000880. The van der Waals surface area contributed by atoms with Crippen LogP contribution in [-0.4, -0.2) is 35.0 Å². The van der Waals surface area contributed by atoms with Gasteiger partial charge in [-0.1, -0.05) is 20.8 Å². The van der Waals surface area contributed by atoms with Gasteiger partial charge in [0, 0.05) is 19.5 Å². The zero-order chi connectivity index (χ0) is 14.6. The number of nitrogens with zero attached hydrogens (tertiary/aromatic N) is 1. The number of carboxylic acids is 1. The van der Waals surface area contributed by atoms with Gasteiger partial charge < -0.3 is 10.0 Å². The molecule has 1 amide bonds. The van der Waals surface area contributed by atoms with Crippen molar-refractivity contribution in [3.05, 3.63) is 0 Å². The molecule has 1 N–H and O–H groups in total. The Balaban J connectivity index is 2.50. The summed E-state index contributed by atoms with van der Waals surface area (Å²) < 4.78 is 0. The molecular weight excluding hydrogens is 242 g/mol. The van der Waals surface area contributed by atoms with Crippen molar-refractivity contribution in [3.63, 3.8) is 0 Å². The van der Waals surface area contributed by atoms with E-state index >= 15 is 0 Å². The summed E-state index contributed by atoms with van der Waals surface area (Å²) in [7, 11) is 1.86. The lowest BCUT2D eigenvalue weighted by molar-refractivity contribution is -0.141. The number of rotatable bonds is 5. The quantitative estimate of drug-likeness (QED) is 0.835. The Morgan fingerprint density at radius 2 is 1.68 bits per heavy atom. The number of carbonyl (C=O) groups excluding carboxylic acids is 1. The van der Waals surface area contributed by atoms with Crippen molar-refractivity contribution < 1.29 is 14.7 Å². The molecule has 0 aromatic carbocycles. The second kappa shape index (κ2) is 6.40. The van der Waals surface area contributed by atoms with Gasteiger partial charge in [0.05, 0.1) is 6.42 Å². The minimum absolute atomic E-state index is 0.0360. The average molecular weight is 269 g/mol. The average Bonchev–Trinajstić information content (AvgIpc) is 2.26. The van der Waals surface area contributed by atoms with Crippen LogP contribution in [0.3, 0.4) is 0 Å². The Morgan fingerprint density at radius 3 is 2.16 bits per heavy atom. The summed E-state index contributed by atoms with van der Waals surface area (Å²) in [4.78, 5) is 24.9. The summed E-state index contributed by atoms with van der Waals surface area (Å²) >= 11 is 0. The Bertz CT molecular complexity index is 330.